The zero-order valence-electron chi connectivity index (χ0n) is 8.06. The highest BCUT2D eigenvalue weighted by Gasteiger charge is 2.33. The van der Waals surface area contributed by atoms with Gasteiger partial charge in [0.15, 0.2) is 0 Å². The molecule has 1 aromatic heterocycles. The van der Waals surface area contributed by atoms with E-state index in [1.807, 2.05) is 0 Å². The van der Waals surface area contributed by atoms with E-state index in [-0.39, 0.29) is 15.8 Å². The van der Waals surface area contributed by atoms with Crippen LogP contribution in [0.1, 0.15) is 6.42 Å². The maximum Gasteiger partial charge on any atom is 0.245 e. The Morgan fingerprint density at radius 3 is 2.62 bits per heavy atom. The van der Waals surface area contributed by atoms with Crippen LogP contribution in [0.15, 0.2) is 11.0 Å². The van der Waals surface area contributed by atoms with Gasteiger partial charge >= 0.3 is 0 Å². The van der Waals surface area contributed by atoms with Gasteiger partial charge in [-0.25, -0.2) is 8.42 Å². The monoisotopic (exact) mass is 301 g/mol. The quantitative estimate of drug-likeness (QED) is 0.906. The number of hydrogen-bond acceptors (Lipinski definition) is 4. The largest absolute Gasteiger partial charge is 0.392 e. The van der Waals surface area contributed by atoms with Crippen molar-refractivity contribution in [3.05, 3.63) is 14.7 Å². The van der Waals surface area contributed by atoms with Crippen LogP contribution in [0.5, 0.6) is 0 Å². The molecule has 0 saturated carbocycles. The first-order valence-corrected chi connectivity index (χ1v) is 7.55. The van der Waals surface area contributed by atoms with Gasteiger partial charge in [-0.05, 0) is 12.5 Å². The number of halogens is 2. The van der Waals surface area contributed by atoms with Gasteiger partial charge in [-0.15, -0.1) is 11.3 Å². The number of rotatable bonds is 2. The summed E-state index contributed by atoms with van der Waals surface area (Å²) in [5.74, 6) is 0. The first kappa shape index (κ1) is 12.6. The molecule has 0 aliphatic carbocycles. The molecule has 1 N–H and O–H groups in total. The Hall–Kier alpha value is 0.150. The Balaban J connectivity index is 2.36. The second kappa shape index (κ2) is 4.44. The lowest BCUT2D eigenvalue weighted by molar-refractivity contribution is 0.189. The van der Waals surface area contributed by atoms with Crippen molar-refractivity contribution in [3.63, 3.8) is 0 Å². The van der Waals surface area contributed by atoms with Crippen LogP contribution >= 0.6 is 34.5 Å². The fourth-order valence-corrected chi connectivity index (χ4v) is 5.17. The van der Waals surface area contributed by atoms with Gasteiger partial charge in [-0.3, -0.25) is 0 Å². The van der Waals surface area contributed by atoms with E-state index in [0.29, 0.717) is 17.3 Å². The Bertz CT molecular complexity index is 499. The summed E-state index contributed by atoms with van der Waals surface area (Å²) in [7, 11) is -3.61. The molecular formula is C8H9Cl2NO3S2. The van der Waals surface area contributed by atoms with Gasteiger partial charge in [-0.1, -0.05) is 23.2 Å². The number of sulfonamides is 1. The van der Waals surface area contributed by atoms with Crippen LogP contribution in [0.3, 0.4) is 0 Å². The van der Waals surface area contributed by atoms with Crippen LogP contribution in [0.2, 0.25) is 8.67 Å². The molecule has 0 bridgehead atoms. The molecule has 1 aliphatic heterocycles. The molecule has 2 heterocycles. The van der Waals surface area contributed by atoms with Crippen molar-refractivity contribution < 1.29 is 13.5 Å². The standard InChI is InChI=1S/C8H9Cl2NO3S2/c9-7-3-6(8(10)15-7)16(13,14)11-2-1-5(12)4-11/h3,5,12H,1-2,4H2/t5-/m1/s1. The molecule has 0 unspecified atom stereocenters. The van der Waals surface area contributed by atoms with E-state index >= 15 is 0 Å². The summed E-state index contributed by atoms with van der Waals surface area (Å²) in [6, 6.07) is 1.34. The normalized spacial score (nSPS) is 22.8. The summed E-state index contributed by atoms with van der Waals surface area (Å²) in [5, 5.41) is 9.32. The molecule has 8 heteroatoms. The molecule has 0 radical (unpaired) electrons. The molecule has 2 rings (SSSR count). The molecule has 90 valence electrons. The summed E-state index contributed by atoms with van der Waals surface area (Å²) < 4.78 is 25.9. The minimum atomic E-state index is -3.61. The fraction of sp³-hybridized carbons (Fsp3) is 0.500. The first-order chi connectivity index (χ1) is 7.41. The van der Waals surface area contributed by atoms with E-state index in [1.54, 1.807) is 0 Å². The summed E-state index contributed by atoms with van der Waals surface area (Å²) in [6.45, 7) is 0.430. The van der Waals surface area contributed by atoms with Crippen molar-refractivity contribution in [1.29, 1.82) is 0 Å². The van der Waals surface area contributed by atoms with E-state index in [0.717, 1.165) is 11.3 Å². The minimum absolute atomic E-state index is 0.0262. The van der Waals surface area contributed by atoms with Crippen LogP contribution in [0.4, 0.5) is 0 Å². The highest BCUT2D eigenvalue weighted by Crippen LogP contribution is 2.36. The SMILES string of the molecule is O=S(=O)(c1cc(Cl)sc1Cl)N1CC[C@@H](O)C1. The molecule has 1 atom stereocenters. The van der Waals surface area contributed by atoms with Crippen LogP contribution in [-0.4, -0.2) is 37.0 Å². The van der Waals surface area contributed by atoms with Crippen molar-refractivity contribution in [1.82, 2.24) is 4.31 Å². The number of nitrogens with zero attached hydrogens (tertiary/aromatic N) is 1. The summed E-state index contributed by atoms with van der Waals surface area (Å²) in [5.41, 5.74) is 0. The number of β-amino-alcohol motifs (C(OH)–C–C–N with tert-alkyl or cyclic N) is 1. The Kier molecular flexibility index (Phi) is 3.49. The number of hydrogen-bond donors (Lipinski definition) is 1. The van der Waals surface area contributed by atoms with Crippen molar-refractivity contribution in [2.75, 3.05) is 13.1 Å². The average molecular weight is 302 g/mol. The van der Waals surface area contributed by atoms with E-state index < -0.39 is 16.1 Å². The highest BCUT2D eigenvalue weighted by atomic mass is 35.5. The number of aliphatic hydroxyl groups is 1. The molecule has 16 heavy (non-hydrogen) atoms. The maximum absolute atomic E-state index is 12.1. The molecule has 0 spiro atoms. The Labute approximate surface area is 107 Å². The molecular weight excluding hydrogens is 293 g/mol. The van der Waals surface area contributed by atoms with Gasteiger partial charge < -0.3 is 5.11 Å². The summed E-state index contributed by atoms with van der Waals surface area (Å²) >= 11 is 12.5. The second-order valence-electron chi connectivity index (χ2n) is 3.49. The minimum Gasteiger partial charge on any atom is -0.392 e. The van der Waals surface area contributed by atoms with Crippen LogP contribution in [0, 0.1) is 0 Å². The second-order valence-corrected chi connectivity index (χ2v) is 7.69. The molecule has 1 aromatic rings. The van der Waals surface area contributed by atoms with Crippen LogP contribution < -0.4 is 0 Å². The summed E-state index contributed by atoms with van der Waals surface area (Å²) in [4.78, 5) is 0.0262. The molecule has 4 nitrogen and oxygen atoms in total. The maximum atomic E-state index is 12.1. The van der Waals surface area contributed by atoms with Gasteiger partial charge in [0.25, 0.3) is 0 Å². The highest BCUT2D eigenvalue weighted by molar-refractivity contribution is 7.89. The Morgan fingerprint density at radius 2 is 2.19 bits per heavy atom. The van der Waals surface area contributed by atoms with E-state index in [4.69, 9.17) is 23.2 Å². The topological polar surface area (TPSA) is 57.6 Å². The third kappa shape index (κ3) is 2.23. The predicted molar refractivity (Wildman–Crippen MR) is 63.7 cm³/mol. The lowest BCUT2D eigenvalue weighted by atomic mass is 10.3. The van der Waals surface area contributed by atoms with Crippen molar-refractivity contribution in [2.24, 2.45) is 0 Å². The number of aliphatic hydroxyl groups excluding tert-OH is 1. The predicted octanol–water partition coefficient (Wildman–Crippen LogP) is 1.81. The molecule has 1 fully saturated rings. The van der Waals surface area contributed by atoms with E-state index in [1.165, 1.54) is 10.4 Å². The molecule has 1 aliphatic rings. The van der Waals surface area contributed by atoms with Gasteiger partial charge in [0.1, 0.15) is 9.23 Å². The van der Waals surface area contributed by atoms with Crippen molar-refractivity contribution in [3.8, 4) is 0 Å². The third-order valence-corrected chi connectivity index (χ3v) is 5.99. The number of thiophene rings is 1. The zero-order valence-corrected chi connectivity index (χ0v) is 11.2. The smallest absolute Gasteiger partial charge is 0.245 e. The lowest BCUT2D eigenvalue weighted by Gasteiger charge is -2.14. The van der Waals surface area contributed by atoms with Crippen LogP contribution in [-0.2, 0) is 10.0 Å². The molecule has 0 amide bonds. The van der Waals surface area contributed by atoms with Crippen LogP contribution in [0.25, 0.3) is 0 Å². The zero-order chi connectivity index (χ0) is 11.9. The molecule has 1 saturated heterocycles. The van der Waals surface area contributed by atoms with E-state index in [2.05, 4.69) is 0 Å². The van der Waals surface area contributed by atoms with Gasteiger partial charge in [-0.2, -0.15) is 4.31 Å². The van der Waals surface area contributed by atoms with E-state index in [9.17, 15) is 13.5 Å². The first-order valence-electron chi connectivity index (χ1n) is 4.54. The van der Waals surface area contributed by atoms with Gasteiger partial charge in [0.2, 0.25) is 10.0 Å². The molecule has 0 aromatic carbocycles. The van der Waals surface area contributed by atoms with Gasteiger partial charge in [0.05, 0.1) is 10.4 Å². The van der Waals surface area contributed by atoms with Crippen molar-refractivity contribution in [2.45, 2.75) is 17.4 Å². The fourth-order valence-electron chi connectivity index (χ4n) is 1.57. The van der Waals surface area contributed by atoms with Crippen molar-refractivity contribution >= 4 is 44.6 Å². The Morgan fingerprint density at radius 1 is 1.50 bits per heavy atom. The summed E-state index contributed by atoms with van der Waals surface area (Å²) in [6.07, 6.45) is -0.142. The average Bonchev–Trinajstić information content (AvgIpc) is 2.73. The lowest BCUT2D eigenvalue weighted by Crippen LogP contribution is -2.29. The third-order valence-electron chi connectivity index (χ3n) is 2.37. The van der Waals surface area contributed by atoms with Gasteiger partial charge in [0, 0.05) is 13.1 Å².